The van der Waals surface area contributed by atoms with Gasteiger partial charge in [0.25, 0.3) is 11.8 Å². The van der Waals surface area contributed by atoms with E-state index in [1.54, 1.807) is 0 Å². The number of para-hydroxylation sites is 2. The molecule has 0 radical (unpaired) electrons. The van der Waals surface area contributed by atoms with E-state index in [-0.39, 0.29) is 18.4 Å². The average molecular weight is 461 g/mol. The van der Waals surface area contributed by atoms with Gasteiger partial charge in [0, 0.05) is 65.1 Å². The molecule has 5 aromatic rings. The highest BCUT2D eigenvalue weighted by molar-refractivity contribution is 6.50. The molecule has 0 spiro atoms. The SMILES string of the molecule is CN(C)c1ccc(CN2C(=O)C(c3c[nH]c4ccccc34)=C(c3c[nH]c4ccccc34)C2=O)cc1. The molecule has 6 rings (SSSR count). The number of carbonyl (C=O) groups excluding carboxylic acids is 2. The van der Waals surface area contributed by atoms with Crippen LogP contribution in [-0.4, -0.2) is 40.8 Å². The third-order valence-corrected chi connectivity index (χ3v) is 6.68. The Morgan fingerprint density at radius 3 is 1.66 bits per heavy atom. The van der Waals surface area contributed by atoms with Gasteiger partial charge in [-0.15, -0.1) is 0 Å². The molecule has 6 heteroatoms. The second-order valence-electron chi connectivity index (χ2n) is 9.00. The number of benzene rings is 3. The highest BCUT2D eigenvalue weighted by Crippen LogP contribution is 2.41. The van der Waals surface area contributed by atoms with Crippen LogP contribution in [0.5, 0.6) is 0 Å². The molecule has 35 heavy (non-hydrogen) atoms. The van der Waals surface area contributed by atoms with E-state index in [0.717, 1.165) is 44.2 Å². The van der Waals surface area contributed by atoms with Gasteiger partial charge in [-0.3, -0.25) is 14.5 Å². The van der Waals surface area contributed by atoms with E-state index in [1.807, 2.05) is 104 Å². The molecule has 0 fully saturated rings. The number of rotatable bonds is 5. The fourth-order valence-corrected chi connectivity index (χ4v) is 4.86. The number of nitrogens with zero attached hydrogens (tertiary/aromatic N) is 2. The Labute approximate surface area is 202 Å². The van der Waals surface area contributed by atoms with Crippen LogP contribution in [0.2, 0.25) is 0 Å². The molecule has 1 aliphatic rings. The van der Waals surface area contributed by atoms with Crippen LogP contribution < -0.4 is 4.90 Å². The number of aromatic nitrogens is 2. The molecule has 3 aromatic carbocycles. The van der Waals surface area contributed by atoms with Crippen LogP contribution in [0, 0.1) is 0 Å². The fourth-order valence-electron chi connectivity index (χ4n) is 4.86. The van der Waals surface area contributed by atoms with Crippen LogP contribution in [0.3, 0.4) is 0 Å². The highest BCUT2D eigenvalue weighted by Gasteiger charge is 2.41. The Bertz CT molecular complexity index is 1540. The van der Waals surface area contributed by atoms with Crippen molar-refractivity contribution in [3.63, 3.8) is 0 Å². The van der Waals surface area contributed by atoms with Gasteiger partial charge in [-0.1, -0.05) is 48.5 Å². The van der Waals surface area contributed by atoms with Crippen molar-refractivity contribution in [2.24, 2.45) is 0 Å². The van der Waals surface area contributed by atoms with Crippen LogP contribution >= 0.6 is 0 Å². The lowest BCUT2D eigenvalue weighted by Crippen LogP contribution is -2.31. The number of nitrogens with one attached hydrogen (secondary N) is 2. The minimum atomic E-state index is -0.281. The molecular formula is C29H24N4O2. The van der Waals surface area contributed by atoms with Gasteiger partial charge in [0.05, 0.1) is 17.7 Å². The molecule has 3 heterocycles. The maximum Gasteiger partial charge on any atom is 0.262 e. The summed E-state index contributed by atoms with van der Waals surface area (Å²) in [6.07, 6.45) is 3.66. The lowest BCUT2D eigenvalue weighted by atomic mass is 9.95. The molecule has 0 atom stereocenters. The van der Waals surface area contributed by atoms with Crippen LogP contribution in [0.1, 0.15) is 16.7 Å². The van der Waals surface area contributed by atoms with Gasteiger partial charge >= 0.3 is 0 Å². The second kappa shape index (κ2) is 8.02. The van der Waals surface area contributed by atoms with E-state index < -0.39 is 0 Å². The third-order valence-electron chi connectivity index (χ3n) is 6.68. The molecule has 172 valence electrons. The van der Waals surface area contributed by atoms with E-state index in [0.29, 0.717) is 11.1 Å². The summed E-state index contributed by atoms with van der Waals surface area (Å²) in [5.41, 5.74) is 6.15. The van der Waals surface area contributed by atoms with Crippen molar-refractivity contribution < 1.29 is 9.59 Å². The minimum absolute atomic E-state index is 0.211. The largest absolute Gasteiger partial charge is 0.378 e. The molecule has 2 amide bonds. The standard InChI is InChI=1S/C29H24N4O2/c1-32(2)19-13-11-18(12-14-19)17-33-28(34)26(22-15-30-24-9-5-3-7-20(22)24)27(29(33)35)23-16-31-25-10-6-4-8-21(23)25/h3-16,30-31H,17H2,1-2H3. The van der Waals surface area contributed by atoms with Gasteiger partial charge in [-0.2, -0.15) is 0 Å². The van der Waals surface area contributed by atoms with Crippen molar-refractivity contribution in [2.75, 3.05) is 19.0 Å². The van der Waals surface area contributed by atoms with E-state index in [9.17, 15) is 9.59 Å². The van der Waals surface area contributed by atoms with Crippen LogP contribution in [0.4, 0.5) is 5.69 Å². The van der Waals surface area contributed by atoms with E-state index >= 15 is 0 Å². The van der Waals surface area contributed by atoms with Gasteiger partial charge in [0.15, 0.2) is 0 Å². The minimum Gasteiger partial charge on any atom is -0.378 e. The Hall–Kier alpha value is -4.58. The summed E-state index contributed by atoms with van der Waals surface area (Å²) in [4.78, 5) is 37.7. The molecule has 2 aromatic heterocycles. The van der Waals surface area contributed by atoms with E-state index in [4.69, 9.17) is 0 Å². The lowest BCUT2D eigenvalue weighted by molar-refractivity contribution is -0.136. The van der Waals surface area contributed by atoms with Gasteiger partial charge in [0.1, 0.15) is 0 Å². The van der Waals surface area contributed by atoms with Gasteiger partial charge in [0.2, 0.25) is 0 Å². The Balaban J connectivity index is 1.50. The van der Waals surface area contributed by atoms with Gasteiger partial charge in [-0.05, 0) is 29.8 Å². The van der Waals surface area contributed by atoms with E-state index in [2.05, 4.69) is 9.97 Å². The monoisotopic (exact) mass is 460 g/mol. The molecule has 1 aliphatic heterocycles. The van der Waals surface area contributed by atoms with Crippen molar-refractivity contribution in [1.29, 1.82) is 0 Å². The molecule has 0 unspecified atom stereocenters. The first kappa shape index (κ1) is 21.0. The first-order valence-corrected chi connectivity index (χ1v) is 11.5. The summed E-state index contributed by atoms with van der Waals surface area (Å²) < 4.78 is 0. The zero-order valence-corrected chi connectivity index (χ0v) is 19.5. The van der Waals surface area contributed by atoms with Crippen LogP contribution in [-0.2, 0) is 16.1 Å². The van der Waals surface area contributed by atoms with Crippen molar-refractivity contribution >= 4 is 50.5 Å². The molecule has 0 aliphatic carbocycles. The first-order valence-electron chi connectivity index (χ1n) is 11.5. The molecular weight excluding hydrogens is 436 g/mol. The highest BCUT2D eigenvalue weighted by atomic mass is 16.2. The topological polar surface area (TPSA) is 72.2 Å². The maximum atomic E-state index is 13.9. The van der Waals surface area contributed by atoms with Crippen molar-refractivity contribution in [3.8, 4) is 0 Å². The second-order valence-corrected chi connectivity index (χ2v) is 9.00. The molecule has 2 N–H and O–H groups in total. The van der Waals surface area contributed by atoms with Crippen LogP contribution in [0.15, 0.2) is 85.2 Å². The number of fused-ring (bicyclic) bond motifs is 2. The van der Waals surface area contributed by atoms with Crippen molar-refractivity contribution in [3.05, 3.63) is 102 Å². The van der Waals surface area contributed by atoms with Gasteiger partial charge < -0.3 is 14.9 Å². The zero-order valence-electron chi connectivity index (χ0n) is 19.5. The number of carbonyl (C=O) groups is 2. The summed E-state index contributed by atoms with van der Waals surface area (Å²) in [5.74, 6) is -0.562. The normalized spacial score (nSPS) is 14.1. The predicted molar refractivity (Wildman–Crippen MR) is 140 cm³/mol. The third kappa shape index (κ3) is 3.34. The zero-order chi connectivity index (χ0) is 24.1. The fraction of sp³-hybridized carbons (Fsp3) is 0.103. The summed E-state index contributed by atoms with van der Waals surface area (Å²) in [6.45, 7) is 0.211. The summed E-state index contributed by atoms with van der Waals surface area (Å²) >= 11 is 0. The summed E-state index contributed by atoms with van der Waals surface area (Å²) in [6, 6.07) is 23.6. The summed E-state index contributed by atoms with van der Waals surface area (Å²) in [5, 5.41) is 1.83. The molecule has 6 nitrogen and oxygen atoms in total. The molecule has 0 saturated heterocycles. The molecule has 0 saturated carbocycles. The predicted octanol–water partition coefficient (Wildman–Crippen LogP) is 5.20. The van der Waals surface area contributed by atoms with Gasteiger partial charge in [-0.25, -0.2) is 0 Å². The number of H-pyrrole nitrogens is 2. The summed E-state index contributed by atoms with van der Waals surface area (Å²) in [7, 11) is 3.96. The molecule has 0 bridgehead atoms. The number of imide groups is 1. The quantitative estimate of drug-likeness (QED) is 0.354. The lowest BCUT2D eigenvalue weighted by Gasteiger charge is -2.17. The average Bonchev–Trinajstić information content (AvgIpc) is 3.55. The maximum absolute atomic E-state index is 13.9. The first-order chi connectivity index (χ1) is 17.0. The van der Waals surface area contributed by atoms with Crippen molar-refractivity contribution in [2.45, 2.75) is 6.54 Å². The Kier molecular flexibility index (Phi) is 4.81. The Morgan fingerprint density at radius 1 is 0.686 bits per heavy atom. The van der Waals surface area contributed by atoms with Crippen LogP contribution in [0.25, 0.3) is 33.0 Å². The van der Waals surface area contributed by atoms with Crippen molar-refractivity contribution in [1.82, 2.24) is 14.9 Å². The number of anilines is 1. The smallest absolute Gasteiger partial charge is 0.262 e. The number of hydrogen-bond acceptors (Lipinski definition) is 3. The number of aromatic amines is 2. The number of hydrogen-bond donors (Lipinski definition) is 2. The van der Waals surface area contributed by atoms with E-state index in [1.165, 1.54) is 4.90 Å². The number of amides is 2. The Morgan fingerprint density at radius 2 is 1.17 bits per heavy atom.